The number of nitrogens with two attached hydrogens (primary N) is 1. The topological polar surface area (TPSA) is 65.9 Å². The van der Waals surface area contributed by atoms with Crippen molar-refractivity contribution in [2.24, 2.45) is 11.8 Å². The largest absolute Gasteiger partial charge is 0.382 e. The van der Waals surface area contributed by atoms with Crippen LogP contribution < -0.4 is 10.6 Å². The van der Waals surface area contributed by atoms with Gasteiger partial charge in [-0.15, -0.1) is 0 Å². The lowest BCUT2D eigenvalue weighted by molar-refractivity contribution is 0.728. The van der Waals surface area contributed by atoms with E-state index >= 15 is 0 Å². The molecule has 2 atom stereocenters. The maximum absolute atomic E-state index is 8.95. The minimum Gasteiger partial charge on any atom is -0.382 e. The van der Waals surface area contributed by atoms with E-state index in [1.807, 2.05) is 7.05 Å². The Kier molecular flexibility index (Phi) is 2.53. The molecule has 1 fully saturated rings. The van der Waals surface area contributed by atoms with Gasteiger partial charge < -0.3 is 10.6 Å². The molecule has 0 spiro atoms. The highest BCUT2D eigenvalue weighted by molar-refractivity contribution is 7.10. The summed E-state index contributed by atoms with van der Waals surface area (Å²) in [6.07, 6.45) is 1.29. The SMILES string of the molecule is CC1CC1CN(C)c1snc(N)c1C#N. The number of hydrogen-bond donors (Lipinski definition) is 1. The number of rotatable bonds is 3. The van der Waals surface area contributed by atoms with E-state index in [2.05, 4.69) is 22.3 Å². The first-order valence-electron chi connectivity index (χ1n) is 5.00. The van der Waals surface area contributed by atoms with Crippen molar-refractivity contribution in [1.82, 2.24) is 4.37 Å². The quantitative estimate of drug-likeness (QED) is 0.845. The fraction of sp³-hybridized carbons (Fsp3) is 0.600. The number of hydrogen-bond acceptors (Lipinski definition) is 5. The first kappa shape index (κ1) is 10.2. The Balaban J connectivity index is 2.11. The zero-order chi connectivity index (χ0) is 11.0. The van der Waals surface area contributed by atoms with Gasteiger partial charge in [-0.05, 0) is 29.8 Å². The Bertz CT molecular complexity index is 406. The fourth-order valence-electron chi connectivity index (χ4n) is 1.75. The normalized spacial score (nSPS) is 23.5. The summed E-state index contributed by atoms with van der Waals surface area (Å²) < 4.78 is 4.01. The molecule has 2 unspecified atom stereocenters. The van der Waals surface area contributed by atoms with Crippen molar-refractivity contribution in [2.75, 3.05) is 24.2 Å². The molecule has 1 aromatic heterocycles. The van der Waals surface area contributed by atoms with Crippen LogP contribution in [0, 0.1) is 23.2 Å². The van der Waals surface area contributed by atoms with E-state index in [9.17, 15) is 0 Å². The molecular weight excluding hydrogens is 208 g/mol. The molecule has 80 valence electrons. The molecule has 2 rings (SSSR count). The van der Waals surface area contributed by atoms with Gasteiger partial charge in [-0.3, -0.25) is 0 Å². The maximum Gasteiger partial charge on any atom is 0.157 e. The molecule has 0 aromatic carbocycles. The minimum absolute atomic E-state index is 0.355. The lowest BCUT2D eigenvalue weighted by atomic mass is 10.3. The first-order valence-corrected chi connectivity index (χ1v) is 5.77. The van der Waals surface area contributed by atoms with Crippen LogP contribution in [-0.4, -0.2) is 18.0 Å². The molecule has 0 saturated heterocycles. The number of nitrogens with zero attached hydrogens (tertiary/aromatic N) is 3. The van der Waals surface area contributed by atoms with Crippen LogP contribution in [0.3, 0.4) is 0 Å². The molecule has 1 saturated carbocycles. The van der Waals surface area contributed by atoms with Gasteiger partial charge >= 0.3 is 0 Å². The van der Waals surface area contributed by atoms with Crippen LogP contribution in [0.25, 0.3) is 0 Å². The molecular formula is C10H14N4S. The summed E-state index contributed by atoms with van der Waals surface area (Å²) in [7, 11) is 2.00. The lowest BCUT2D eigenvalue weighted by Crippen LogP contribution is -2.20. The van der Waals surface area contributed by atoms with Gasteiger partial charge in [0.05, 0.1) is 0 Å². The first-order chi connectivity index (χ1) is 7.13. The summed E-state index contributed by atoms with van der Waals surface area (Å²) in [5.41, 5.74) is 6.14. The van der Waals surface area contributed by atoms with Gasteiger partial charge in [0.1, 0.15) is 16.6 Å². The summed E-state index contributed by atoms with van der Waals surface area (Å²) in [6.45, 7) is 3.25. The van der Waals surface area contributed by atoms with E-state index in [1.165, 1.54) is 18.0 Å². The molecule has 15 heavy (non-hydrogen) atoms. The molecule has 0 radical (unpaired) electrons. The Morgan fingerprint density at radius 1 is 1.73 bits per heavy atom. The van der Waals surface area contributed by atoms with E-state index in [0.717, 1.165) is 23.4 Å². The zero-order valence-corrected chi connectivity index (χ0v) is 9.71. The van der Waals surface area contributed by atoms with Crippen molar-refractivity contribution in [1.29, 1.82) is 5.26 Å². The summed E-state index contributed by atoms with van der Waals surface area (Å²) in [6, 6.07) is 2.11. The van der Waals surface area contributed by atoms with Crippen molar-refractivity contribution in [3.05, 3.63) is 5.56 Å². The van der Waals surface area contributed by atoms with Gasteiger partial charge in [0.2, 0.25) is 0 Å². The van der Waals surface area contributed by atoms with E-state index in [4.69, 9.17) is 11.0 Å². The smallest absolute Gasteiger partial charge is 0.157 e. The molecule has 1 heterocycles. The van der Waals surface area contributed by atoms with E-state index in [1.54, 1.807) is 0 Å². The summed E-state index contributed by atoms with van der Waals surface area (Å²) in [5, 5.41) is 9.85. The van der Waals surface area contributed by atoms with Crippen molar-refractivity contribution < 1.29 is 0 Å². The summed E-state index contributed by atoms with van der Waals surface area (Å²) >= 11 is 1.31. The van der Waals surface area contributed by atoms with Crippen LogP contribution >= 0.6 is 11.5 Å². The number of aromatic nitrogens is 1. The van der Waals surface area contributed by atoms with Crippen molar-refractivity contribution >= 4 is 22.4 Å². The molecule has 2 N–H and O–H groups in total. The van der Waals surface area contributed by atoms with Crippen LogP contribution in [0.2, 0.25) is 0 Å². The molecule has 4 nitrogen and oxygen atoms in total. The van der Waals surface area contributed by atoms with Gasteiger partial charge in [0.25, 0.3) is 0 Å². The molecule has 1 aliphatic rings. The van der Waals surface area contributed by atoms with Crippen molar-refractivity contribution in [2.45, 2.75) is 13.3 Å². The van der Waals surface area contributed by atoms with Gasteiger partial charge in [0, 0.05) is 13.6 Å². The van der Waals surface area contributed by atoms with Crippen LogP contribution in [-0.2, 0) is 0 Å². The molecule has 0 bridgehead atoms. The average molecular weight is 222 g/mol. The summed E-state index contributed by atoms with van der Waals surface area (Å²) in [4.78, 5) is 2.10. The van der Waals surface area contributed by atoms with Gasteiger partial charge in [0.15, 0.2) is 5.82 Å². The molecule has 0 amide bonds. The lowest BCUT2D eigenvalue weighted by Gasteiger charge is -2.16. The van der Waals surface area contributed by atoms with E-state index in [-0.39, 0.29) is 0 Å². The highest BCUT2D eigenvalue weighted by Gasteiger charge is 2.34. The van der Waals surface area contributed by atoms with Crippen molar-refractivity contribution in [3.8, 4) is 6.07 Å². The highest BCUT2D eigenvalue weighted by atomic mass is 32.1. The van der Waals surface area contributed by atoms with Crippen LogP contribution in [0.4, 0.5) is 10.8 Å². The van der Waals surface area contributed by atoms with Crippen LogP contribution in [0.15, 0.2) is 0 Å². The third-order valence-corrected chi connectivity index (χ3v) is 3.92. The predicted molar refractivity (Wildman–Crippen MR) is 61.8 cm³/mol. The molecule has 5 heteroatoms. The Hall–Kier alpha value is -1.28. The van der Waals surface area contributed by atoms with E-state index in [0.29, 0.717) is 11.4 Å². The number of nitrogen functional groups attached to an aromatic ring is 1. The van der Waals surface area contributed by atoms with Gasteiger partial charge in [-0.2, -0.15) is 9.64 Å². The van der Waals surface area contributed by atoms with Crippen LogP contribution in [0.5, 0.6) is 0 Å². The zero-order valence-electron chi connectivity index (χ0n) is 8.90. The third-order valence-electron chi connectivity index (χ3n) is 2.94. The van der Waals surface area contributed by atoms with Crippen molar-refractivity contribution in [3.63, 3.8) is 0 Å². The Labute approximate surface area is 93.5 Å². The minimum atomic E-state index is 0.355. The van der Waals surface area contributed by atoms with E-state index < -0.39 is 0 Å². The fourth-order valence-corrected chi connectivity index (χ4v) is 2.48. The standard InChI is InChI=1S/C10H14N4S/c1-6-3-7(6)5-14(2)10-8(4-11)9(12)13-15-10/h6-7H,3,5H2,1-2H3,(H2,12,13). The molecule has 1 aromatic rings. The summed E-state index contributed by atoms with van der Waals surface area (Å²) in [5.74, 6) is 1.95. The third kappa shape index (κ3) is 1.90. The number of anilines is 2. The van der Waals surface area contributed by atoms with Gasteiger partial charge in [-0.25, -0.2) is 0 Å². The predicted octanol–water partition coefficient (Wildman–Crippen LogP) is 1.69. The number of nitriles is 1. The highest BCUT2D eigenvalue weighted by Crippen LogP contribution is 2.40. The monoisotopic (exact) mass is 222 g/mol. The second kappa shape index (κ2) is 3.70. The van der Waals surface area contributed by atoms with Crippen LogP contribution in [0.1, 0.15) is 18.9 Å². The Morgan fingerprint density at radius 2 is 2.40 bits per heavy atom. The maximum atomic E-state index is 8.95. The average Bonchev–Trinajstić information content (AvgIpc) is 2.76. The van der Waals surface area contributed by atoms with Gasteiger partial charge in [-0.1, -0.05) is 6.92 Å². The molecule has 1 aliphatic carbocycles. The Morgan fingerprint density at radius 3 is 2.93 bits per heavy atom. The molecule has 0 aliphatic heterocycles. The second-order valence-electron chi connectivity index (χ2n) is 4.21. The second-order valence-corrected chi connectivity index (χ2v) is 4.97.